The van der Waals surface area contributed by atoms with Gasteiger partial charge >= 0.3 is 0 Å². The molecule has 0 spiro atoms. The van der Waals surface area contributed by atoms with E-state index >= 15 is 0 Å². The smallest absolute Gasteiger partial charge is 0.221 e. The van der Waals surface area contributed by atoms with Gasteiger partial charge in [0, 0.05) is 36.0 Å². The van der Waals surface area contributed by atoms with Gasteiger partial charge in [0.1, 0.15) is 0 Å². The van der Waals surface area contributed by atoms with Crippen LogP contribution in [-0.2, 0) is 11.3 Å². The molecule has 0 radical (unpaired) electrons. The van der Waals surface area contributed by atoms with E-state index in [9.17, 15) is 4.79 Å². The van der Waals surface area contributed by atoms with Crippen LogP contribution in [0.15, 0.2) is 95.8 Å². The fourth-order valence-corrected chi connectivity index (χ4v) is 4.13. The molecule has 29 heavy (non-hydrogen) atoms. The van der Waals surface area contributed by atoms with Gasteiger partial charge < -0.3 is 5.32 Å². The first-order chi connectivity index (χ1) is 14.3. The van der Waals surface area contributed by atoms with Crippen molar-refractivity contribution >= 4 is 17.2 Å². The van der Waals surface area contributed by atoms with Crippen molar-refractivity contribution in [3.8, 4) is 11.3 Å². The van der Waals surface area contributed by atoms with Gasteiger partial charge in [-0.3, -0.25) is 9.78 Å². The first-order valence-corrected chi connectivity index (χ1v) is 10.6. The van der Waals surface area contributed by atoms with Gasteiger partial charge in [0.25, 0.3) is 0 Å². The fraction of sp³-hybridized carbons (Fsp3) is 0.120. The van der Waals surface area contributed by atoms with Crippen LogP contribution in [0.1, 0.15) is 29.0 Å². The number of carbonyl (C=O) groups excluding carboxylic acids is 1. The van der Waals surface area contributed by atoms with Crippen molar-refractivity contribution in [1.82, 2.24) is 10.3 Å². The number of thiophene rings is 1. The Hall–Kier alpha value is -3.24. The normalized spacial score (nSPS) is 10.8. The molecule has 1 N–H and O–H groups in total. The molecule has 0 saturated heterocycles. The Morgan fingerprint density at radius 1 is 0.897 bits per heavy atom. The summed E-state index contributed by atoms with van der Waals surface area (Å²) in [5.41, 5.74) is 5.33. The van der Waals surface area contributed by atoms with E-state index in [2.05, 4.69) is 46.0 Å². The number of carbonyl (C=O) groups is 1. The van der Waals surface area contributed by atoms with Gasteiger partial charge in [-0.1, -0.05) is 66.7 Å². The van der Waals surface area contributed by atoms with Crippen molar-refractivity contribution in [2.24, 2.45) is 0 Å². The molecule has 4 heteroatoms. The lowest BCUT2D eigenvalue weighted by Crippen LogP contribution is -2.25. The van der Waals surface area contributed by atoms with Crippen LogP contribution < -0.4 is 5.32 Å². The predicted molar refractivity (Wildman–Crippen MR) is 119 cm³/mol. The first-order valence-electron chi connectivity index (χ1n) is 9.64. The number of benzene rings is 2. The molecular formula is C25H22N2OS. The van der Waals surface area contributed by atoms with Crippen molar-refractivity contribution in [3.63, 3.8) is 0 Å². The van der Waals surface area contributed by atoms with E-state index in [4.69, 9.17) is 0 Å². The molecule has 0 unspecified atom stereocenters. The third-order valence-electron chi connectivity index (χ3n) is 4.96. The summed E-state index contributed by atoms with van der Waals surface area (Å²) in [6.45, 7) is 0.466. The van der Waals surface area contributed by atoms with Gasteiger partial charge in [-0.2, -0.15) is 11.3 Å². The SMILES string of the molecule is O=C(CC(c1ccccc1)c1ccccc1)NCc1cccnc1-c1ccsc1. The number of nitrogens with one attached hydrogen (secondary N) is 1. The maximum absolute atomic E-state index is 12.8. The highest BCUT2D eigenvalue weighted by atomic mass is 32.1. The molecule has 4 aromatic rings. The second-order valence-electron chi connectivity index (χ2n) is 6.88. The molecule has 0 saturated carbocycles. The molecule has 0 aliphatic heterocycles. The van der Waals surface area contributed by atoms with E-state index in [1.807, 2.05) is 53.9 Å². The molecule has 0 aliphatic carbocycles. The van der Waals surface area contributed by atoms with E-state index < -0.39 is 0 Å². The van der Waals surface area contributed by atoms with Crippen molar-refractivity contribution < 1.29 is 4.79 Å². The van der Waals surface area contributed by atoms with Crippen LogP contribution in [0.4, 0.5) is 0 Å². The molecule has 0 fully saturated rings. The predicted octanol–water partition coefficient (Wildman–Crippen LogP) is 5.65. The number of hydrogen-bond donors (Lipinski definition) is 1. The summed E-state index contributed by atoms with van der Waals surface area (Å²) in [5, 5.41) is 7.21. The molecule has 144 valence electrons. The summed E-state index contributed by atoms with van der Waals surface area (Å²) in [7, 11) is 0. The monoisotopic (exact) mass is 398 g/mol. The summed E-state index contributed by atoms with van der Waals surface area (Å²) in [4.78, 5) is 17.4. The minimum Gasteiger partial charge on any atom is -0.352 e. The first kappa shape index (κ1) is 19.1. The minimum atomic E-state index is 0.0302. The number of nitrogens with zero attached hydrogens (tertiary/aromatic N) is 1. The highest BCUT2D eigenvalue weighted by Crippen LogP contribution is 2.28. The van der Waals surface area contributed by atoms with Crippen molar-refractivity contribution in [2.75, 3.05) is 0 Å². The lowest BCUT2D eigenvalue weighted by Gasteiger charge is -2.18. The highest BCUT2D eigenvalue weighted by molar-refractivity contribution is 7.08. The van der Waals surface area contributed by atoms with Gasteiger partial charge in [0.05, 0.1) is 5.69 Å². The Kier molecular flexibility index (Phi) is 6.13. The number of pyridine rings is 1. The molecule has 3 nitrogen and oxygen atoms in total. The summed E-state index contributed by atoms with van der Waals surface area (Å²) in [5.74, 6) is 0.0606. The average molecular weight is 399 g/mol. The van der Waals surface area contributed by atoms with Crippen LogP contribution in [0.2, 0.25) is 0 Å². The van der Waals surface area contributed by atoms with Crippen molar-refractivity contribution in [3.05, 3.63) is 113 Å². The molecule has 2 aromatic heterocycles. The zero-order chi connectivity index (χ0) is 19.9. The lowest BCUT2D eigenvalue weighted by atomic mass is 9.88. The molecule has 2 aromatic carbocycles. The zero-order valence-electron chi connectivity index (χ0n) is 16.0. The van der Waals surface area contributed by atoms with E-state index in [0.29, 0.717) is 13.0 Å². The molecule has 0 bridgehead atoms. The molecule has 4 rings (SSSR count). The second-order valence-corrected chi connectivity index (χ2v) is 7.66. The third kappa shape index (κ3) is 4.79. The zero-order valence-corrected chi connectivity index (χ0v) is 16.8. The minimum absolute atomic E-state index is 0.0302. The standard InChI is InChI=1S/C25H22N2OS/c28-24(27-17-21-12-7-14-26-25(21)22-13-15-29-18-22)16-23(19-8-3-1-4-9-19)20-10-5-2-6-11-20/h1-15,18,23H,16-17H2,(H,27,28). The van der Waals surface area contributed by atoms with Gasteiger partial charge in [0.2, 0.25) is 5.91 Å². The van der Waals surface area contributed by atoms with Gasteiger partial charge in [-0.15, -0.1) is 0 Å². The van der Waals surface area contributed by atoms with Gasteiger partial charge in [0.15, 0.2) is 0 Å². The maximum atomic E-state index is 12.8. The molecule has 0 atom stereocenters. The molecule has 1 amide bonds. The summed E-state index contributed by atoms with van der Waals surface area (Å²) in [6, 6.07) is 26.4. The maximum Gasteiger partial charge on any atom is 0.221 e. The molecule has 0 aliphatic rings. The van der Waals surface area contributed by atoms with Crippen LogP contribution in [0.25, 0.3) is 11.3 Å². The number of hydrogen-bond acceptors (Lipinski definition) is 3. The second kappa shape index (κ2) is 9.30. The van der Waals surface area contributed by atoms with Crippen molar-refractivity contribution in [1.29, 1.82) is 0 Å². The molecular weight excluding hydrogens is 376 g/mol. The van der Waals surface area contributed by atoms with Crippen molar-refractivity contribution in [2.45, 2.75) is 18.9 Å². The topological polar surface area (TPSA) is 42.0 Å². The number of amides is 1. The number of aromatic nitrogens is 1. The third-order valence-corrected chi connectivity index (χ3v) is 5.64. The number of rotatable bonds is 7. The Morgan fingerprint density at radius 2 is 1.59 bits per heavy atom. The van der Waals surface area contributed by atoms with E-state index in [0.717, 1.165) is 27.9 Å². The fourth-order valence-electron chi connectivity index (χ4n) is 3.49. The van der Waals surface area contributed by atoms with E-state index in [-0.39, 0.29) is 11.8 Å². The Morgan fingerprint density at radius 3 is 2.21 bits per heavy atom. The van der Waals surface area contributed by atoms with Crippen LogP contribution in [0, 0.1) is 0 Å². The Bertz CT molecular complexity index is 1010. The van der Waals surface area contributed by atoms with Crippen LogP contribution in [0.3, 0.4) is 0 Å². The summed E-state index contributed by atoms with van der Waals surface area (Å²) < 4.78 is 0. The average Bonchev–Trinajstić information content (AvgIpc) is 3.32. The molecule has 2 heterocycles. The van der Waals surface area contributed by atoms with Crippen LogP contribution in [-0.4, -0.2) is 10.9 Å². The van der Waals surface area contributed by atoms with Crippen LogP contribution >= 0.6 is 11.3 Å². The van der Waals surface area contributed by atoms with Gasteiger partial charge in [-0.05, 0) is 34.2 Å². The summed E-state index contributed by atoms with van der Waals surface area (Å²) in [6.07, 6.45) is 2.20. The Balaban J connectivity index is 1.49. The van der Waals surface area contributed by atoms with E-state index in [1.165, 1.54) is 0 Å². The summed E-state index contributed by atoms with van der Waals surface area (Å²) >= 11 is 1.64. The Labute approximate surface area is 175 Å². The van der Waals surface area contributed by atoms with Crippen LogP contribution in [0.5, 0.6) is 0 Å². The largest absolute Gasteiger partial charge is 0.352 e. The van der Waals surface area contributed by atoms with E-state index in [1.54, 1.807) is 17.5 Å². The van der Waals surface area contributed by atoms with Gasteiger partial charge in [-0.25, -0.2) is 0 Å². The highest BCUT2D eigenvalue weighted by Gasteiger charge is 2.18. The quantitative estimate of drug-likeness (QED) is 0.437. The lowest BCUT2D eigenvalue weighted by molar-refractivity contribution is -0.121.